The molecule has 0 amide bonds. The molecule has 0 aromatic heterocycles. The molecule has 1 saturated heterocycles. The van der Waals surface area contributed by atoms with Gasteiger partial charge in [-0.25, -0.2) is 0 Å². The Morgan fingerprint density at radius 1 is 1.17 bits per heavy atom. The fourth-order valence-electron chi connectivity index (χ4n) is 5.85. The Hall–Kier alpha value is -2.11. The monoisotopic (exact) mass is 678 g/mol. The van der Waals surface area contributed by atoms with E-state index in [1.165, 1.54) is 6.92 Å². The largest absolute Gasteiger partial charge is 0.457 e. The quantitative estimate of drug-likeness (QED) is 0.0774. The van der Waals surface area contributed by atoms with E-state index < -0.39 is 44.3 Å². The van der Waals surface area contributed by atoms with E-state index in [4.69, 9.17) is 23.4 Å². The number of esters is 2. The molecular weight excluding hydrogens is 616 g/mol. The molecule has 0 bridgehead atoms. The number of hydrogen-bond acceptors (Lipinski definition) is 9. The second kappa shape index (κ2) is 17.0. The minimum Gasteiger partial charge on any atom is -0.457 e. The number of methoxy groups -OCH3 is 1. The van der Waals surface area contributed by atoms with Crippen molar-refractivity contribution < 1.29 is 42.9 Å². The third-order valence-electron chi connectivity index (χ3n) is 10.1. The van der Waals surface area contributed by atoms with Crippen LogP contribution in [0.1, 0.15) is 94.9 Å². The predicted molar refractivity (Wildman–Crippen MR) is 186 cm³/mol. The third kappa shape index (κ3) is 11.8. The highest BCUT2D eigenvalue weighted by Gasteiger charge is 2.50. The Morgan fingerprint density at radius 3 is 2.36 bits per heavy atom. The number of ether oxygens (including phenoxy) is 4. The molecule has 1 fully saturated rings. The van der Waals surface area contributed by atoms with E-state index in [1.54, 1.807) is 20.1 Å². The number of Topliss-reactive ketones (excluding diaryl/α,β-unsaturated/α-hetero) is 1. The van der Waals surface area contributed by atoms with E-state index in [0.717, 1.165) is 12.0 Å². The maximum absolute atomic E-state index is 13.5. The van der Waals surface area contributed by atoms with Gasteiger partial charge in [-0.15, -0.1) is 0 Å². The maximum Gasteiger partial charge on any atom is 0.308 e. The van der Waals surface area contributed by atoms with Crippen LogP contribution in [0, 0.1) is 17.8 Å². The number of epoxide rings is 1. The molecule has 0 aromatic rings. The summed E-state index contributed by atoms with van der Waals surface area (Å²) in [4.78, 5) is 38.5. The molecule has 10 atom stereocenters. The van der Waals surface area contributed by atoms with Crippen molar-refractivity contribution in [3.8, 4) is 0 Å². The Kier molecular flexibility index (Phi) is 14.9. The molecule has 0 radical (unpaired) electrons. The van der Waals surface area contributed by atoms with Crippen LogP contribution in [0.25, 0.3) is 0 Å². The van der Waals surface area contributed by atoms with Crippen molar-refractivity contribution in [3.05, 3.63) is 36.0 Å². The summed E-state index contributed by atoms with van der Waals surface area (Å²) in [6.45, 7) is 23.4. The molecule has 2 aliphatic heterocycles. The summed E-state index contributed by atoms with van der Waals surface area (Å²) in [5, 5.41) is 11.4. The lowest BCUT2D eigenvalue weighted by atomic mass is 9.88. The van der Waals surface area contributed by atoms with Gasteiger partial charge in [0.25, 0.3) is 0 Å². The Labute approximate surface area is 284 Å². The predicted octanol–water partition coefficient (Wildman–Crippen LogP) is 6.88. The van der Waals surface area contributed by atoms with Gasteiger partial charge in [0, 0.05) is 31.8 Å². The number of allylic oxidation sites excluding steroid dienone is 3. The Morgan fingerprint density at radius 2 is 1.81 bits per heavy atom. The summed E-state index contributed by atoms with van der Waals surface area (Å²) in [5.41, 5.74) is -0.601. The van der Waals surface area contributed by atoms with Gasteiger partial charge in [0.15, 0.2) is 14.1 Å². The van der Waals surface area contributed by atoms with Crippen molar-refractivity contribution >= 4 is 26.0 Å². The van der Waals surface area contributed by atoms with Crippen molar-refractivity contribution in [3.63, 3.8) is 0 Å². The summed E-state index contributed by atoms with van der Waals surface area (Å²) in [6, 6.07) is 0. The van der Waals surface area contributed by atoms with Gasteiger partial charge in [-0.3, -0.25) is 14.4 Å². The second-order valence-electron chi connectivity index (χ2n) is 15.3. The second-order valence-corrected chi connectivity index (χ2v) is 20.1. The normalized spacial score (nSPS) is 32.4. The molecule has 1 N–H and O–H groups in total. The van der Waals surface area contributed by atoms with Crippen molar-refractivity contribution in [2.75, 3.05) is 7.11 Å². The van der Waals surface area contributed by atoms with Gasteiger partial charge in [-0.1, -0.05) is 72.8 Å². The average Bonchev–Trinajstić information content (AvgIpc) is 3.76. The zero-order valence-electron chi connectivity index (χ0n) is 31.1. The summed E-state index contributed by atoms with van der Waals surface area (Å²) >= 11 is 0. The SMILES string of the molecule is CC[C@H](OC)[C@@H](C)[C@H]1O[C@H]1C(=O)C(C)/C=C/C=C(\C)C1OC(=O)C[C@H](O[Si](C)(C)C(C)(C)C)CC[C@@](C)(O)[C@@H](OC(C)=O)/C=C/[C@@H]1C. The van der Waals surface area contributed by atoms with E-state index in [0.29, 0.717) is 6.42 Å². The van der Waals surface area contributed by atoms with Crippen molar-refractivity contribution in [1.29, 1.82) is 0 Å². The van der Waals surface area contributed by atoms with Crippen molar-refractivity contribution in [1.82, 2.24) is 0 Å². The first-order valence-corrected chi connectivity index (χ1v) is 20.1. The standard InChI is InChI=1S/C37H62O9Si/c1-14-29(42-11)26(5)34-35(45-34)32(40)23(2)16-15-17-24(3)33-25(4)18-19-30(43-27(6)38)37(10,41)21-20-28(22-31(39)44-33)46-47(12,13)36(7,8)9/h15-19,23,25-26,28-30,33-35,41H,14,20-22H2,1-13H3/b16-15+,19-18+,24-17+/t23?,25-,26+,28+,29-,30-,33?,34+,35-,37+/m0/s1. The van der Waals surface area contributed by atoms with Gasteiger partial charge in [-0.05, 0) is 62.9 Å². The van der Waals surface area contributed by atoms with Crippen LogP contribution in [0.5, 0.6) is 0 Å². The lowest BCUT2D eigenvalue weighted by Crippen LogP contribution is -2.46. The lowest BCUT2D eigenvalue weighted by Gasteiger charge is -2.40. The number of hydrogen-bond donors (Lipinski definition) is 1. The van der Waals surface area contributed by atoms with Crippen molar-refractivity contribution in [2.24, 2.45) is 17.8 Å². The fraction of sp³-hybridized carbons (Fsp3) is 0.757. The fourth-order valence-corrected chi connectivity index (χ4v) is 7.24. The molecular formula is C37H62O9Si. The van der Waals surface area contributed by atoms with Gasteiger partial charge in [-0.2, -0.15) is 0 Å². The number of carbonyl (C=O) groups excluding carboxylic acids is 3. The summed E-state index contributed by atoms with van der Waals surface area (Å²) < 4.78 is 29.6. The van der Waals surface area contributed by atoms with Crippen LogP contribution in [0.15, 0.2) is 36.0 Å². The smallest absolute Gasteiger partial charge is 0.308 e. The number of aliphatic hydroxyl groups is 1. The summed E-state index contributed by atoms with van der Waals surface area (Å²) in [7, 11) is -0.584. The van der Waals surface area contributed by atoms with Gasteiger partial charge in [0.2, 0.25) is 0 Å². The van der Waals surface area contributed by atoms with E-state index in [-0.39, 0.29) is 59.6 Å². The number of cyclic esters (lactones) is 1. The van der Waals surface area contributed by atoms with E-state index in [2.05, 4.69) is 47.7 Å². The topological polar surface area (TPSA) is 121 Å². The highest BCUT2D eigenvalue weighted by Crippen LogP contribution is 2.39. The summed E-state index contributed by atoms with van der Waals surface area (Å²) in [5.74, 6) is -1.41. The highest BCUT2D eigenvalue weighted by molar-refractivity contribution is 6.74. The van der Waals surface area contributed by atoms with Crippen molar-refractivity contribution in [2.45, 2.75) is 155 Å². The molecule has 0 aliphatic carbocycles. The minimum absolute atomic E-state index is 0.0279. The van der Waals surface area contributed by atoms with E-state index in [9.17, 15) is 19.5 Å². The zero-order valence-corrected chi connectivity index (χ0v) is 32.1. The molecule has 268 valence electrons. The van der Waals surface area contributed by atoms with E-state index in [1.807, 2.05) is 45.1 Å². The molecule has 0 saturated carbocycles. The van der Waals surface area contributed by atoms with Crippen LogP contribution in [0.3, 0.4) is 0 Å². The van der Waals surface area contributed by atoms with Crippen LogP contribution in [0.4, 0.5) is 0 Å². The minimum atomic E-state index is -2.27. The van der Waals surface area contributed by atoms with Gasteiger partial charge >= 0.3 is 11.9 Å². The average molecular weight is 679 g/mol. The molecule has 10 heteroatoms. The molecule has 2 rings (SSSR count). The summed E-state index contributed by atoms with van der Waals surface area (Å²) in [6.07, 6.45) is 8.01. The number of rotatable bonds is 12. The molecule has 9 nitrogen and oxygen atoms in total. The zero-order chi connectivity index (χ0) is 35.9. The molecule has 0 spiro atoms. The van der Waals surface area contributed by atoms with Crippen LogP contribution >= 0.6 is 0 Å². The van der Waals surface area contributed by atoms with Gasteiger partial charge in [0.05, 0.1) is 24.7 Å². The molecule has 2 unspecified atom stereocenters. The van der Waals surface area contributed by atoms with Crippen LogP contribution < -0.4 is 0 Å². The maximum atomic E-state index is 13.5. The number of ketones is 1. The first-order chi connectivity index (χ1) is 21.6. The van der Waals surface area contributed by atoms with Crippen LogP contribution in [-0.4, -0.2) is 80.5 Å². The van der Waals surface area contributed by atoms with Gasteiger partial charge < -0.3 is 28.5 Å². The van der Waals surface area contributed by atoms with Crippen LogP contribution in [-0.2, 0) is 37.8 Å². The number of carbonyl (C=O) groups is 3. The molecule has 2 heterocycles. The Balaban J connectivity index is 2.32. The molecule has 0 aromatic carbocycles. The Bertz CT molecular complexity index is 1160. The highest BCUT2D eigenvalue weighted by atomic mass is 28.4. The van der Waals surface area contributed by atoms with E-state index >= 15 is 0 Å². The first kappa shape index (κ1) is 41.1. The van der Waals surface area contributed by atoms with Gasteiger partial charge in [0.1, 0.15) is 23.9 Å². The lowest BCUT2D eigenvalue weighted by molar-refractivity contribution is -0.157. The van der Waals surface area contributed by atoms with Crippen LogP contribution in [0.2, 0.25) is 18.1 Å². The first-order valence-electron chi connectivity index (χ1n) is 17.2. The third-order valence-corrected chi connectivity index (χ3v) is 14.7. The molecule has 2 aliphatic rings. The molecule has 47 heavy (non-hydrogen) atoms.